The summed E-state index contributed by atoms with van der Waals surface area (Å²) in [4.78, 5) is 0. The Morgan fingerprint density at radius 3 is 2.21 bits per heavy atom. The Morgan fingerprint density at radius 2 is 1.57 bits per heavy atom. The maximum atomic E-state index is 12.9. The molecule has 12 heteroatoms. The van der Waals surface area contributed by atoms with Crippen LogP contribution in [0.4, 0.5) is 13.2 Å². The van der Waals surface area contributed by atoms with Crippen molar-refractivity contribution in [1.29, 1.82) is 0 Å². The van der Waals surface area contributed by atoms with E-state index in [2.05, 4.69) is 18.0 Å². The molecule has 2 aliphatic heterocycles. The molecule has 42 heavy (non-hydrogen) atoms. The van der Waals surface area contributed by atoms with Crippen LogP contribution < -0.4 is 4.18 Å². The molecule has 234 valence electrons. The molecule has 1 aromatic rings. The number of fused-ring (bicyclic) bond motifs is 6. The highest BCUT2D eigenvalue weighted by atomic mass is 32.2. The van der Waals surface area contributed by atoms with Gasteiger partial charge in [-0.25, -0.2) is 0 Å². The van der Waals surface area contributed by atoms with E-state index in [1.165, 1.54) is 12.1 Å². The zero-order chi connectivity index (χ0) is 29.8. The zero-order valence-electron chi connectivity index (χ0n) is 23.9. The van der Waals surface area contributed by atoms with Crippen molar-refractivity contribution >= 4 is 10.1 Å². The second-order valence-corrected chi connectivity index (χ2v) is 15.2. The average molecular weight is 617 g/mol. The summed E-state index contributed by atoms with van der Waals surface area (Å²) in [7, 11) is -5.78. The molecule has 2 saturated heterocycles. The first-order valence-electron chi connectivity index (χ1n) is 15.1. The van der Waals surface area contributed by atoms with Crippen molar-refractivity contribution in [3.05, 3.63) is 29.8 Å². The summed E-state index contributed by atoms with van der Waals surface area (Å²) < 4.78 is 91.3. The maximum Gasteiger partial charge on any atom is 0.534 e. The monoisotopic (exact) mass is 616 g/mol. The molecule has 8 nitrogen and oxygen atoms in total. The first-order chi connectivity index (χ1) is 19.7. The molecule has 0 radical (unpaired) electrons. The van der Waals surface area contributed by atoms with E-state index in [4.69, 9.17) is 18.9 Å². The summed E-state index contributed by atoms with van der Waals surface area (Å²) in [6, 6.07) is 5.94. The van der Waals surface area contributed by atoms with E-state index in [0.29, 0.717) is 45.2 Å². The van der Waals surface area contributed by atoms with Gasteiger partial charge in [0.2, 0.25) is 0 Å². The van der Waals surface area contributed by atoms with Crippen LogP contribution in [0.2, 0.25) is 0 Å². The molecule has 0 aromatic heterocycles. The van der Waals surface area contributed by atoms with Crippen molar-refractivity contribution in [2.24, 2.45) is 35.0 Å². The Labute approximate surface area is 244 Å². The fraction of sp³-hybridized carbons (Fsp3) is 0.800. The summed E-state index contributed by atoms with van der Waals surface area (Å²) >= 11 is 0. The van der Waals surface area contributed by atoms with Gasteiger partial charge in [-0.1, -0.05) is 26.0 Å². The number of hydrogen-bond donors (Lipinski definition) is 1. The molecular weight excluding hydrogens is 577 g/mol. The van der Waals surface area contributed by atoms with E-state index in [-0.39, 0.29) is 35.0 Å². The molecule has 0 unspecified atom stereocenters. The molecule has 6 aliphatic rings. The van der Waals surface area contributed by atoms with Crippen LogP contribution >= 0.6 is 0 Å². The number of halogens is 3. The molecule has 4 saturated carbocycles. The van der Waals surface area contributed by atoms with Gasteiger partial charge in [-0.05, 0) is 78.9 Å². The van der Waals surface area contributed by atoms with Crippen molar-refractivity contribution in [1.82, 2.24) is 0 Å². The molecule has 1 aromatic carbocycles. The second kappa shape index (κ2) is 9.53. The number of ether oxygens (including phenoxy) is 4. The summed E-state index contributed by atoms with van der Waals surface area (Å²) in [6.45, 7) is 6.52. The normalized spacial score (nSPS) is 42.3. The highest BCUT2D eigenvalue weighted by Crippen LogP contribution is 2.71. The lowest BCUT2D eigenvalue weighted by molar-refractivity contribution is -0.284. The standard InChI is InChI=1S/C30H39F3O8S/c1-18-15-21-23-8-10-29(39-13-14-40-29)26(23,2)16-22(19-3-5-20(6-4-19)41-42(35,36)30(31,32)33)25(21)24-7-9-27(17-28(18,24)34)37-11-12-38-27/h3-6,18,21-25,34H,7-17H2,1-2H3/t18-,21+,22-,23+,24-,25-,26+,28+/m1/s1. The minimum Gasteiger partial charge on any atom is -0.389 e. The maximum absolute atomic E-state index is 12.9. The van der Waals surface area contributed by atoms with Gasteiger partial charge >= 0.3 is 15.6 Å². The third-order valence-corrected chi connectivity index (χ3v) is 12.9. The molecule has 2 spiro atoms. The third-order valence-electron chi connectivity index (χ3n) is 11.9. The largest absolute Gasteiger partial charge is 0.534 e. The molecule has 1 N–H and O–H groups in total. The average Bonchev–Trinajstić information content (AvgIpc) is 3.65. The lowest BCUT2D eigenvalue weighted by Gasteiger charge is -2.64. The van der Waals surface area contributed by atoms with Crippen LogP contribution in [0.3, 0.4) is 0 Å². The Bertz CT molecular complexity index is 1310. The summed E-state index contributed by atoms with van der Waals surface area (Å²) in [5, 5.41) is 12.4. The van der Waals surface area contributed by atoms with Gasteiger partial charge < -0.3 is 28.2 Å². The quantitative estimate of drug-likeness (QED) is 0.370. The van der Waals surface area contributed by atoms with Gasteiger partial charge in [-0.3, -0.25) is 0 Å². The predicted molar refractivity (Wildman–Crippen MR) is 143 cm³/mol. The number of benzene rings is 1. The van der Waals surface area contributed by atoms with Gasteiger partial charge in [-0.15, -0.1) is 0 Å². The van der Waals surface area contributed by atoms with E-state index in [1.54, 1.807) is 12.1 Å². The van der Waals surface area contributed by atoms with Crippen LogP contribution in [-0.4, -0.2) is 62.6 Å². The minimum absolute atomic E-state index is 0.0158. The number of aliphatic hydroxyl groups is 1. The third kappa shape index (κ3) is 4.14. The number of rotatable bonds is 3. The van der Waals surface area contributed by atoms with Crippen LogP contribution in [0.1, 0.15) is 70.3 Å². The van der Waals surface area contributed by atoms with Gasteiger partial charge in [0, 0.05) is 24.7 Å². The summed E-state index contributed by atoms with van der Waals surface area (Å²) in [5.41, 5.74) is -5.92. The van der Waals surface area contributed by atoms with Crippen molar-refractivity contribution in [2.45, 2.75) is 87.4 Å². The molecule has 0 amide bonds. The lowest BCUT2D eigenvalue weighted by atomic mass is 9.43. The second-order valence-electron chi connectivity index (χ2n) is 13.7. The molecule has 7 rings (SSSR count). The van der Waals surface area contributed by atoms with Crippen LogP contribution in [0.15, 0.2) is 24.3 Å². The van der Waals surface area contributed by atoms with E-state index >= 15 is 0 Å². The van der Waals surface area contributed by atoms with Gasteiger partial charge in [0.25, 0.3) is 0 Å². The van der Waals surface area contributed by atoms with Crippen LogP contribution in [0.5, 0.6) is 5.75 Å². The Balaban J connectivity index is 1.27. The molecule has 2 heterocycles. The minimum atomic E-state index is -5.78. The van der Waals surface area contributed by atoms with Gasteiger partial charge in [0.15, 0.2) is 11.6 Å². The zero-order valence-corrected chi connectivity index (χ0v) is 24.7. The summed E-state index contributed by atoms with van der Waals surface area (Å²) in [5.74, 6) is -1.18. The van der Waals surface area contributed by atoms with Crippen molar-refractivity contribution in [3.8, 4) is 5.75 Å². The van der Waals surface area contributed by atoms with Crippen LogP contribution in [-0.2, 0) is 29.1 Å². The molecular formula is C30H39F3O8S. The topological polar surface area (TPSA) is 101 Å². The van der Waals surface area contributed by atoms with Crippen molar-refractivity contribution in [3.63, 3.8) is 0 Å². The van der Waals surface area contributed by atoms with E-state index in [0.717, 1.165) is 37.7 Å². The first-order valence-corrected chi connectivity index (χ1v) is 16.5. The van der Waals surface area contributed by atoms with Gasteiger partial charge in [-0.2, -0.15) is 21.6 Å². The highest BCUT2D eigenvalue weighted by molar-refractivity contribution is 7.88. The fourth-order valence-electron chi connectivity index (χ4n) is 10.2. The Hall–Kier alpha value is -1.44. The predicted octanol–water partition coefficient (Wildman–Crippen LogP) is 5.11. The van der Waals surface area contributed by atoms with Gasteiger partial charge in [0.05, 0.1) is 32.0 Å². The molecule has 6 fully saturated rings. The first kappa shape index (κ1) is 29.3. The molecule has 4 aliphatic carbocycles. The number of alkyl halides is 3. The van der Waals surface area contributed by atoms with E-state index in [1.807, 2.05) is 0 Å². The van der Waals surface area contributed by atoms with Gasteiger partial charge in [0.1, 0.15) is 5.75 Å². The van der Waals surface area contributed by atoms with Crippen LogP contribution in [0.25, 0.3) is 0 Å². The summed E-state index contributed by atoms with van der Waals surface area (Å²) in [6.07, 6.45) is 5.18. The smallest absolute Gasteiger partial charge is 0.389 e. The molecule has 8 atom stereocenters. The number of hydrogen-bond acceptors (Lipinski definition) is 8. The Morgan fingerprint density at radius 1 is 0.952 bits per heavy atom. The Kier molecular flexibility index (Phi) is 6.64. The van der Waals surface area contributed by atoms with E-state index in [9.17, 15) is 26.7 Å². The lowest BCUT2D eigenvalue weighted by Crippen LogP contribution is -2.65. The van der Waals surface area contributed by atoms with Crippen molar-refractivity contribution < 1.29 is 49.8 Å². The molecule has 0 bridgehead atoms. The van der Waals surface area contributed by atoms with E-state index < -0.39 is 38.6 Å². The highest BCUT2D eigenvalue weighted by Gasteiger charge is 2.71. The SMILES string of the molecule is C[C@@H]1C[C@@H]2[C@H]([C@@H](c3ccc(OS(=O)(=O)C(F)(F)F)cc3)C[C@@]3(C)[C@H]2CCC32OCCO2)[C@H]2CCC3(C[C@]12O)OCCO3. The van der Waals surface area contributed by atoms with Crippen molar-refractivity contribution in [2.75, 3.05) is 26.4 Å². The van der Waals surface area contributed by atoms with Crippen LogP contribution in [0, 0.1) is 35.0 Å². The fourth-order valence-corrected chi connectivity index (χ4v) is 10.7.